The van der Waals surface area contributed by atoms with Crippen molar-refractivity contribution < 1.29 is 19.1 Å². The fourth-order valence-corrected chi connectivity index (χ4v) is 7.34. The number of nitriles is 1. The van der Waals surface area contributed by atoms with E-state index in [1.54, 1.807) is 21.9 Å². The summed E-state index contributed by atoms with van der Waals surface area (Å²) in [5, 5.41) is 11.9. The number of benzene rings is 3. The summed E-state index contributed by atoms with van der Waals surface area (Å²) < 4.78 is 11.9. The predicted molar refractivity (Wildman–Crippen MR) is 185 cm³/mol. The Morgan fingerprint density at radius 1 is 0.980 bits per heavy atom. The number of hydrogen-bond donors (Lipinski definition) is 0. The lowest BCUT2D eigenvalue weighted by molar-refractivity contribution is 0.0746. The smallest absolute Gasteiger partial charge is 0.410 e. The van der Waals surface area contributed by atoms with Gasteiger partial charge >= 0.3 is 12.1 Å². The third-order valence-corrected chi connectivity index (χ3v) is 10.1. The normalized spacial score (nSPS) is 19.2. The Hall–Kier alpha value is -4.92. The van der Waals surface area contributed by atoms with Gasteiger partial charge in [0.2, 0.25) is 0 Å². The average molecular weight is 680 g/mol. The summed E-state index contributed by atoms with van der Waals surface area (Å²) in [6.45, 7) is 3.41. The summed E-state index contributed by atoms with van der Waals surface area (Å²) in [5.41, 5.74) is 2.98. The van der Waals surface area contributed by atoms with E-state index in [4.69, 9.17) is 31.0 Å². The van der Waals surface area contributed by atoms with Gasteiger partial charge in [0.1, 0.15) is 19.0 Å². The molecule has 2 saturated heterocycles. The van der Waals surface area contributed by atoms with Crippen LogP contribution in [-0.4, -0.2) is 88.6 Å². The minimum atomic E-state index is -0.452. The first-order chi connectivity index (χ1) is 23.9. The van der Waals surface area contributed by atoms with Crippen LogP contribution in [0.1, 0.15) is 46.4 Å². The molecule has 11 nitrogen and oxygen atoms in total. The van der Waals surface area contributed by atoms with Crippen molar-refractivity contribution in [1.29, 1.82) is 5.26 Å². The number of aromatic nitrogens is 2. The SMILES string of the molecule is CN1CCC[C@H]1COc1nc2c(c(N3CCN(C(=O)OCc4ccccc4)[C@@H](CC#N)C3)n1)CN(C(=O)c1cccc3cccc(Cl)c13)C2. The molecule has 2 atom stereocenters. The van der Waals surface area contributed by atoms with Gasteiger partial charge < -0.3 is 29.1 Å². The number of likely N-dealkylation sites (tertiary alicyclic amines) is 1. The average Bonchev–Trinajstić information content (AvgIpc) is 3.75. The monoisotopic (exact) mass is 679 g/mol. The van der Waals surface area contributed by atoms with Crippen molar-refractivity contribution >= 4 is 40.2 Å². The van der Waals surface area contributed by atoms with Crippen molar-refractivity contribution in [3.8, 4) is 12.1 Å². The van der Waals surface area contributed by atoms with Crippen LogP contribution in [0.3, 0.4) is 0 Å². The van der Waals surface area contributed by atoms with E-state index in [2.05, 4.69) is 22.9 Å². The summed E-state index contributed by atoms with van der Waals surface area (Å²) in [6.07, 6.45) is 1.84. The first-order valence-corrected chi connectivity index (χ1v) is 17.1. The molecule has 252 valence electrons. The van der Waals surface area contributed by atoms with E-state index in [0.29, 0.717) is 49.2 Å². The van der Waals surface area contributed by atoms with Gasteiger partial charge in [-0.05, 0) is 49.5 Å². The number of nitrogens with zero attached hydrogens (tertiary/aromatic N) is 7. The van der Waals surface area contributed by atoms with Crippen LogP contribution in [0, 0.1) is 11.3 Å². The number of likely N-dealkylation sites (N-methyl/N-ethyl adjacent to an activating group) is 1. The molecular formula is C37H38ClN7O4. The van der Waals surface area contributed by atoms with Crippen LogP contribution in [0.4, 0.5) is 10.6 Å². The van der Waals surface area contributed by atoms with Crippen molar-refractivity contribution in [1.82, 2.24) is 24.7 Å². The summed E-state index contributed by atoms with van der Waals surface area (Å²) >= 11 is 6.59. The highest BCUT2D eigenvalue weighted by atomic mass is 35.5. The molecule has 0 unspecified atom stereocenters. The van der Waals surface area contributed by atoms with E-state index in [9.17, 15) is 14.9 Å². The topological polar surface area (TPSA) is 115 Å². The minimum Gasteiger partial charge on any atom is -0.462 e. The molecular weight excluding hydrogens is 642 g/mol. The van der Waals surface area contributed by atoms with Gasteiger partial charge in [0.25, 0.3) is 5.91 Å². The molecule has 4 heterocycles. The predicted octanol–water partition coefficient (Wildman–Crippen LogP) is 5.65. The Morgan fingerprint density at radius 2 is 1.80 bits per heavy atom. The lowest BCUT2D eigenvalue weighted by Gasteiger charge is -2.41. The molecule has 0 aliphatic carbocycles. The number of ether oxygens (including phenoxy) is 2. The summed E-state index contributed by atoms with van der Waals surface area (Å²) in [4.78, 5) is 44.8. The van der Waals surface area contributed by atoms with Crippen LogP contribution >= 0.6 is 11.6 Å². The lowest BCUT2D eigenvalue weighted by Crippen LogP contribution is -2.55. The fraction of sp³-hybridized carbons (Fsp3) is 0.378. The molecule has 0 spiro atoms. The zero-order valence-corrected chi connectivity index (χ0v) is 28.2. The maximum atomic E-state index is 14.1. The van der Waals surface area contributed by atoms with Crippen molar-refractivity contribution in [3.05, 3.63) is 94.1 Å². The molecule has 12 heteroatoms. The fourth-order valence-electron chi connectivity index (χ4n) is 7.06. The Morgan fingerprint density at radius 3 is 2.57 bits per heavy atom. The van der Waals surface area contributed by atoms with E-state index in [1.807, 2.05) is 54.6 Å². The van der Waals surface area contributed by atoms with Gasteiger partial charge in [-0.15, -0.1) is 0 Å². The maximum absolute atomic E-state index is 14.1. The highest BCUT2D eigenvalue weighted by Crippen LogP contribution is 2.35. The number of halogens is 1. The van der Waals surface area contributed by atoms with Gasteiger partial charge in [-0.2, -0.15) is 15.2 Å². The third kappa shape index (κ3) is 6.84. The zero-order chi connectivity index (χ0) is 33.9. The van der Waals surface area contributed by atoms with Gasteiger partial charge in [-0.3, -0.25) is 4.79 Å². The molecule has 0 radical (unpaired) electrons. The Bertz CT molecular complexity index is 1900. The molecule has 49 heavy (non-hydrogen) atoms. The van der Waals surface area contributed by atoms with Gasteiger partial charge in [-0.25, -0.2) is 4.79 Å². The summed E-state index contributed by atoms with van der Waals surface area (Å²) in [6, 6.07) is 23.1. The van der Waals surface area contributed by atoms with Crippen LogP contribution in [0.5, 0.6) is 6.01 Å². The zero-order valence-electron chi connectivity index (χ0n) is 27.4. The van der Waals surface area contributed by atoms with Crippen molar-refractivity contribution in [2.75, 3.05) is 44.7 Å². The van der Waals surface area contributed by atoms with E-state index in [-0.39, 0.29) is 37.5 Å². The second-order valence-electron chi connectivity index (χ2n) is 12.8. The first kappa shape index (κ1) is 32.6. The lowest BCUT2D eigenvalue weighted by atomic mass is 10.0. The largest absolute Gasteiger partial charge is 0.462 e. The Labute approximate surface area is 290 Å². The molecule has 7 rings (SSSR count). The highest BCUT2D eigenvalue weighted by Gasteiger charge is 2.37. The molecule has 0 saturated carbocycles. The van der Waals surface area contributed by atoms with Crippen molar-refractivity contribution in [2.24, 2.45) is 0 Å². The van der Waals surface area contributed by atoms with E-state index in [0.717, 1.165) is 47.0 Å². The van der Waals surface area contributed by atoms with Gasteiger partial charge in [-0.1, -0.05) is 66.2 Å². The number of carbonyl (C=O) groups is 2. The van der Waals surface area contributed by atoms with Crippen LogP contribution in [0.15, 0.2) is 66.7 Å². The number of carbonyl (C=O) groups excluding carboxylic acids is 2. The molecule has 3 aliphatic rings. The van der Waals surface area contributed by atoms with Gasteiger partial charge in [0.05, 0.1) is 37.3 Å². The molecule has 2 fully saturated rings. The minimum absolute atomic E-state index is 0.133. The molecule has 3 aromatic carbocycles. The number of piperazine rings is 1. The second kappa shape index (κ2) is 14.3. The first-order valence-electron chi connectivity index (χ1n) is 16.7. The van der Waals surface area contributed by atoms with Crippen molar-refractivity contribution in [3.63, 3.8) is 0 Å². The molecule has 2 amide bonds. The quantitative estimate of drug-likeness (QED) is 0.233. The number of fused-ring (bicyclic) bond motifs is 2. The molecule has 4 aromatic rings. The number of anilines is 1. The highest BCUT2D eigenvalue weighted by molar-refractivity contribution is 6.36. The van der Waals surface area contributed by atoms with Crippen molar-refractivity contribution in [2.45, 2.75) is 51.0 Å². The van der Waals surface area contributed by atoms with Crippen LogP contribution in [0.2, 0.25) is 5.02 Å². The maximum Gasteiger partial charge on any atom is 0.410 e. The molecule has 3 aliphatic heterocycles. The Kier molecular flexibility index (Phi) is 9.51. The number of hydrogen-bond acceptors (Lipinski definition) is 9. The third-order valence-electron chi connectivity index (χ3n) is 9.74. The van der Waals surface area contributed by atoms with Crippen LogP contribution < -0.4 is 9.64 Å². The summed E-state index contributed by atoms with van der Waals surface area (Å²) in [7, 11) is 2.10. The number of amides is 2. The van der Waals surface area contributed by atoms with Crippen LogP contribution in [-0.2, 0) is 24.4 Å². The standard InChI is InChI=1S/C37H38ClN7O4/c1-42-17-7-12-28(42)24-48-36-40-32-22-44(35(46)29-13-5-10-26-11-6-14-31(38)33(26)29)21-30(32)34(41-36)43-18-19-45(27(20-43)15-16-39)37(47)49-23-25-8-3-2-4-9-25/h2-6,8-11,13-14,27-28H,7,12,15,17-24H2,1H3/t27-,28-/m0/s1. The molecule has 1 aromatic heterocycles. The van der Waals surface area contributed by atoms with E-state index >= 15 is 0 Å². The molecule has 0 bridgehead atoms. The second-order valence-corrected chi connectivity index (χ2v) is 13.3. The summed E-state index contributed by atoms with van der Waals surface area (Å²) in [5.74, 6) is 0.511. The number of rotatable bonds is 8. The molecule has 0 N–H and O–H groups in total. The van der Waals surface area contributed by atoms with Crippen LogP contribution in [0.25, 0.3) is 10.8 Å². The van der Waals surface area contributed by atoms with E-state index < -0.39 is 12.1 Å². The van der Waals surface area contributed by atoms with Gasteiger partial charge in [0, 0.05) is 47.2 Å². The Balaban J connectivity index is 1.15. The van der Waals surface area contributed by atoms with Gasteiger partial charge in [0.15, 0.2) is 0 Å². The van der Waals surface area contributed by atoms with E-state index in [1.165, 1.54) is 0 Å².